The molecule has 0 unspecified atom stereocenters. The molecule has 0 saturated heterocycles. The lowest BCUT2D eigenvalue weighted by Gasteiger charge is -2.05. The van der Waals surface area contributed by atoms with Gasteiger partial charge in [-0.05, 0) is 55.3 Å². The topological polar surface area (TPSA) is 82.6 Å². The fourth-order valence-corrected chi connectivity index (χ4v) is 2.37. The van der Waals surface area contributed by atoms with E-state index in [9.17, 15) is 14.9 Å². The van der Waals surface area contributed by atoms with Gasteiger partial charge in [-0.3, -0.25) is 10.1 Å². The lowest BCUT2D eigenvalue weighted by atomic mass is 10.1. The minimum atomic E-state index is -0.659. The van der Waals surface area contributed by atoms with Crippen LogP contribution in [0.3, 0.4) is 0 Å². The summed E-state index contributed by atoms with van der Waals surface area (Å²) in [6.07, 6.45) is 0. The first-order chi connectivity index (χ1) is 12.0. The number of carbonyl (C=O) groups excluding carboxylic acids is 1. The molecule has 0 radical (unpaired) electrons. The molecule has 6 heteroatoms. The molecule has 0 fully saturated rings. The normalized spacial score (nSPS) is 10.5. The summed E-state index contributed by atoms with van der Waals surface area (Å²) in [6.45, 7) is 3.89. The van der Waals surface area contributed by atoms with Gasteiger partial charge in [-0.1, -0.05) is 18.2 Å². The third-order valence-electron chi connectivity index (χ3n) is 3.86. The highest BCUT2D eigenvalue weighted by atomic mass is 16.6. The van der Waals surface area contributed by atoms with E-state index >= 15 is 0 Å². The van der Waals surface area contributed by atoms with Crippen molar-refractivity contribution in [2.45, 2.75) is 13.8 Å². The molecule has 0 bridgehead atoms. The zero-order chi connectivity index (χ0) is 18.0. The van der Waals surface area contributed by atoms with Crippen LogP contribution >= 0.6 is 0 Å². The van der Waals surface area contributed by atoms with E-state index in [0.717, 1.165) is 11.1 Å². The van der Waals surface area contributed by atoms with Crippen molar-refractivity contribution in [1.29, 1.82) is 0 Å². The molecule has 0 amide bonds. The Kier molecular flexibility index (Phi) is 4.35. The molecule has 0 N–H and O–H groups in total. The van der Waals surface area contributed by atoms with Crippen molar-refractivity contribution >= 4 is 11.7 Å². The van der Waals surface area contributed by atoms with Crippen LogP contribution < -0.4 is 4.74 Å². The number of carbonyl (C=O) groups is 1. The largest absolute Gasteiger partial charge is 0.449 e. The third-order valence-corrected chi connectivity index (χ3v) is 3.86. The van der Waals surface area contributed by atoms with Crippen molar-refractivity contribution in [3.05, 3.63) is 81.6 Å². The molecule has 0 aliphatic rings. The van der Waals surface area contributed by atoms with E-state index in [4.69, 9.17) is 9.15 Å². The maximum Gasteiger partial charge on any atom is 0.379 e. The number of hydrogen-bond donors (Lipinski definition) is 0. The minimum absolute atomic E-state index is 0.0219. The molecule has 126 valence electrons. The van der Waals surface area contributed by atoms with Crippen molar-refractivity contribution in [1.82, 2.24) is 0 Å². The third kappa shape index (κ3) is 3.42. The fourth-order valence-electron chi connectivity index (χ4n) is 2.37. The average Bonchev–Trinajstić information content (AvgIpc) is 3.08. The number of ether oxygens (including phenoxy) is 1. The number of nitro benzene ring substituents is 1. The van der Waals surface area contributed by atoms with Gasteiger partial charge in [-0.2, -0.15) is 0 Å². The van der Waals surface area contributed by atoms with Crippen LogP contribution in [0.1, 0.15) is 21.7 Å². The number of nitrogens with zero attached hydrogens (tertiary/aromatic N) is 1. The molecule has 1 aromatic heterocycles. The summed E-state index contributed by atoms with van der Waals surface area (Å²) in [6, 6.07) is 14.5. The second-order valence-corrected chi connectivity index (χ2v) is 5.57. The van der Waals surface area contributed by atoms with Gasteiger partial charge in [-0.25, -0.2) is 4.79 Å². The first-order valence-electron chi connectivity index (χ1n) is 7.59. The first-order valence-corrected chi connectivity index (χ1v) is 7.59. The SMILES string of the molecule is Cc1ccc(OC(=O)c2ccc(-c3ccccc3[N+](=O)[O-])o2)cc1C. The van der Waals surface area contributed by atoms with Gasteiger partial charge in [-0.15, -0.1) is 0 Å². The second-order valence-electron chi connectivity index (χ2n) is 5.57. The molecule has 25 heavy (non-hydrogen) atoms. The smallest absolute Gasteiger partial charge is 0.379 e. The molecular formula is C19H15NO5. The van der Waals surface area contributed by atoms with Gasteiger partial charge in [0.05, 0.1) is 10.5 Å². The maximum atomic E-state index is 12.2. The van der Waals surface area contributed by atoms with E-state index in [0.29, 0.717) is 11.3 Å². The van der Waals surface area contributed by atoms with Crippen LogP contribution in [-0.2, 0) is 0 Å². The van der Waals surface area contributed by atoms with Crippen LogP contribution in [-0.4, -0.2) is 10.9 Å². The van der Waals surface area contributed by atoms with Gasteiger partial charge < -0.3 is 9.15 Å². The summed E-state index contributed by atoms with van der Waals surface area (Å²) >= 11 is 0. The van der Waals surface area contributed by atoms with Gasteiger partial charge in [0.15, 0.2) is 0 Å². The summed E-state index contributed by atoms with van der Waals surface area (Å²) in [5.41, 5.74) is 2.31. The molecule has 0 spiro atoms. The molecule has 0 atom stereocenters. The van der Waals surface area contributed by atoms with Crippen molar-refractivity contribution in [3.63, 3.8) is 0 Å². The van der Waals surface area contributed by atoms with Crippen LogP contribution in [0.15, 0.2) is 59.0 Å². The van der Waals surface area contributed by atoms with Crippen LogP contribution in [0, 0.1) is 24.0 Å². The quantitative estimate of drug-likeness (QED) is 0.298. The van der Waals surface area contributed by atoms with E-state index in [1.165, 1.54) is 18.2 Å². The van der Waals surface area contributed by atoms with E-state index < -0.39 is 10.9 Å². The van der Waals surface area contributed by atoms with E-state index in [1.54, 1.807) is 30.3 Å². The molecule has 0 aliphatic carbocycles. The Labute approximate surface area is 143 Å². The predicted molar refractivity (Wildman–Crippen MR) is 91.7 cm³/mol. The van der Waals surface area contributed by atoms with Crippen molar-refractivity contribution in [2.24, 2.45) is 0 Å². The summed E-state index contributed by atoms with van der Waals surface area (Å²) < 4.78 is 10.8. The summed E-state index contributed by atoms with van der Waals surface area (Å²) in [4.78, 5) is 22.8. The molecule has 6 nitrogen and oxygen atoms in total. The van der Waals surface area contributed by atoms with Gasteiger partial charge in [0.1, 0.15) is 11.5 Å². The number of aryl methyl sites for hydroxylation is 2. The first kappa shape index (κ1) is 16.4. The lowest BCUT2D eigenvalue weighted by Crippen LogP contribution is -2.07. The molecule has 3 rings (SSSR count). The Hall–Kier alpha value is -3.41. The van der Waals surface area contributed by atoms with Gasteiger partial charge >= 0.3 is 5.97 Å². The molecule has 2 aromatic carbocycles. The molecule has 0 saturated carbocycles. The van der Waals surface area contributed by atoms with Crippen molar-refractivity contribution < 1.29 is 18.9 Å². The number of nitro groups is 1. The lowest BCUT2D eigenvalue weighted by molar-refractivity contribution is -0.384. The van der Waals surface area contributed by atoms with Gasteiger partial charge in [0, 0.05) is 6.07 Å². The molecule has 3 aromatic rings. The number of esters is 1. The van der Waals surface area contributed by atoms with Gasteiger partial charge in [0.25, 0.3) is 5.69 Å². The minimum Gasteiger partial charge on any atom is -0.449 e. The predicted octanol–water partition coefficient (Wildman–Crippen LogP) is 4.69. The summed E-state index contributed by atoms with van der Waals surface area (Å²) in [5.74, 6) is -0.0319. The average molecular weight is 337 g/mol. The molecular weight excluding hydrogens is 322 g/mol. The monoisotopic (exact) mass is 337 g/mol. The van der Waals surface area contributed by atoms with E-state index in [2.05, 4.69) is 0 Å². The van der Waals surface area contributed by atoms with E-state index in [-0.39, 0.29) is 17.2 Å². The van der Waals surface area contributed by atoms with Gasteiger partial charge in [0.2, 0.25) is 5.76 Å². The van der Waals surface area contributed by atoms with Crippen LogP contribution in [0.4, 0.5) is 5.69 Å². The number of para-hydroxylation sites is 1. The highest BCUT2D eigenvalue weighted by Gasteiger charge is 2.20. The fraction of sp³-hybridized carbons (Fsp3) is 0.105. The number of rotatable bonds is 4. The Morgan fingerprint density at radius 3 is 2.52 bits per heavy atom. The zero-order valence-corrected chi connectivity index (χ0v) is 13.7. The Balaban J connectivity index is 1.85. The number of furan rings is 1. The Morgan fingerprint density at radius 1 is 1.04 bits per heavy atom. The summed E-state index contributed by atoms with van der Waals surface area (Å²) in [5, 5.41) is 11.1. The maximum absolute atomic E-state index is 12.2. The highest BCUT2D eigenvalue weighted by Crippen LogP contribution is 2.31. The van der Waals surface area contributed by atoms with Crippen molar-refractivity contribution in [3.8, 4) is 17.1 Å². The van der Waals surface area contributed by atoms with Crippen LogP contribution in [0.5, 0.6) is 5.75 Å². The van der Waals surface area contributed by atoms with E-state index in [1.807, 2.05) is 19.9 Å². The zero-order valence-electron chi connectivity index (χ0n) is 13.7. The Morgan fingerprint density at radius 2 is 1.80 bits per heavy atom. The molecule has 1 heterocycles. The Bertz CT molecular complexity index is 958. The van der Waals surface area contributed by atoms with Crippen LogP contribution in [0.2, 0.25) is 0 Å². The number of benzene rings is 2. The van der Waals surface area contributed by atoms with Crippen LogP contribution in [0.25, 0.3) is 11.3 Å². The second kappa shape index (κ2) is 6.60. The van der Waals surface area contributed by atoms with Crippen molar-refractivity contribution in [2.75, 3.05) is 0 Å². The number of hydrogen-bond acceptors (Lipinski definition) is 5. The highest BCUT2D eigenvalue weighted by molar-refractivity contribution is 5.89. The summed E-state index contributed by atoms with van der Waals surface area (Å²) in [7, 11) is 0. The molecule has 0 aliphatic heterocycles. The standard InChI is InChI=1S/C19H15NO5/c1-12-7-8-14(11-13(12)2)24-19(21)18-10-9-17(25-18)15-5-3-4-6-16(15)20(22)23/h3-11H,1-2H3.